The normalized spacial score (nSPS) is 14.6. The van der Waals surface area contributed by atoms with Gasteiger partial charge >= 0.3 is 6.09 Å². The molecule has 3 rings (SSSR count). The lowest BCUT2D eigenvalue weighted by Crippen LogP contribution is -2.42. The van der Waals surface area contributed by atoms with Crippen molar-refractivity contribution in [3.63, 3.8) is 0 Å². The van der Waals surface area contributed by atoms with E-state index in [2.05, 4.69) is 0 Å². The number of carbonyl (C=O) groups is 2. The first-order valence-corrected chi connectivity index (χ1v) is 7.65. The Hall–Kier alpha value is -2.76. The average Bonchev–Trinajstić information content (AvgIpc) is 2.50. The van der Waals surface area contributed by atoms with E-state index in [9.17, 15) is 19.8 Å². The highest BCUT2D eigenvalue weighted by Gasteiger charge is 2.34. The molecule has 126 valence electrons. The SMILES string of the molecule is CC(C)(C)OC(=O)N1CC(=O)c2c(c(O)c3ccccc3c2O)C1. The third-order valence-corrected chi connectivity index (χ3v) is 3.88. The molecule has 2 aromatic carbocycles. The molecule has 0 saturated heterocycles. The molecule has 0 aliphatic carbocycles. The standard InChI is InChI=1S/C18H19NO5/c1-18(2,3)24-17(23)19-8-12-14(13(20)9-19)16(22)11-7-5-4-6-10(11)15(12)21/h4-7,21-22H,8-9H2,1-3H3. The van der Waals surface area contributed by atoms with E-state index >= 15 is 0 Å². The van der Waals surface area contributed by atoms with Gasteiger partial charge < -0.3 is 14.9 Å². The van der Waals surface area contributed by atoms with Crippen LogP contribution in [0.1, 0.15) is 36.7 Å². The van der Waals surface area contributed by atoms with Crippen LogP contribution >= 0.6 is 0 Å². The van der Waals surface area contributed by atoms with Crippen LogP contribution in [0.2, 0.25) is 0 Å². The van der Waals surface area contributed by atoms with E-state index in [-0.39, 0.29) is 35.7 Å². The van der Waals surface area contributed by atoms with E-state index in [0.29, 0.717) is 10.8 Å². The number of phenols is 2. The number of benzene rings is 2. The molecule has 1 aliphatic rings. The molecule has 0 atom stereocenters. The average molecular weight is 329 g/mol. The van der Waals surface area contributed by atoms with Crippen LogP contribution in [0, 0.1) is 0 Å². The van der Waals surface area contributed by atoms with Gasteiger partial charge in [0.2, 0.25) is 0 Å². The number of Topliss-reactive ketones (excluding diaryl/α,β-unsaturated/α-hetero) is 1. The second kappa shape index (κ2) is 5.40. The Bertz CT molecular complexity index is 851. The molecule has 2 N–H and O–H groups in total. The van der Waals surface area contributed by atoms with Crippen molar-refractivity contribution in [1.29, 1.82) is 0 Å². The Balaban J connectivity index is 2.08. The molecule has 6 heteroatoms. The number of rotatable bonds is 0. The summed E-state index contributed by atoms with van der Waals surface area (Å²) < 4.78 is 5.29. The summed E-state index contributed by atoms with van der Waals surface area (Å²) in [5.41, 5.74) is -0.368. The van der Waals surface area contributed by atoms with Crippen molar-refractivity contribution < 1.29 is 24.5 Å². The van der Waals surface area contributed by atoms with Crippen molar-refractivity contribution in [2.75, 3.05) is 6.54 Å². The van der Waals surface area contributed by atoms with Crippen molar-refractivity contribution in [2.24, 2.45) is 0 Å². The van der Waals surface area contributed by atoms with Crippen molar-refractivity contribution >= 4 is 22.6 Å². The van der Waals surface area contributed by atoms with Gasteiger partial charge in [-0.2, -0.15) is 0 Å². The van der Waals surface area contributed by atoms with E-state index in [1.165, 1.54) is 4.90 Å². The quantitative estimate of drug-likeness (QED) is 0.725. The van der Waals surface area contributed by atoms with Crippen LogP contribution in [0.15, 0.2) is 24.3 Å². The molecule has 0 aromatic heterocycles. The number of fused-ring (bicyclic) bond motifs is 2. The number of carbonyl (C=O) groups excluding carboxylic acids is 2. The third kappa shape index (κ3) is 2.64. The zero-order valence-corrected chi connectivity index (χ0v) is 13.8. The second-order valence-electron chi connectivity index (χ2n) is 6.86. The maximum absolute atomic E-state index is 12.5. The summed E-state index contributed by atoms with van der Waals surface area (Å²) in [4.78, 5) is 25.9. The monoisotopic (exact) mass is 329 g/mol. The van der Waals surface area contributed by atoms with Crippen LogP contribution in [-0.2, 0) is 11.3 Å². The smallest absolute Gasteiger partial charge is 0.411 e. The Labute approximate surface area is 139 Å². The predicted molar refractivity (Wildman–Crippen MR) is 88.3 cm³/mol. The van der Waals surface area contributed by atoms with Crippen LogP contribution in [0.25, 0.3) is 10.8 Å². The first-order chi connectivity index (χ1) is 11.2. The van der Waals surface area contributed by atoms with Crippen molar-refractivity contribution in [3.8, 4) is 11.5 Å². The molecule has 0 radical (unpaired) electrons. The van der Waals surface area contributed by atoms with Crippen LogP contribution in [0.3, 0.4) is 0 Å². The van der Waals surface area contributed by atoms with E-state index in [1.807, 2.05) is 0 Å². The van der Waals surface area contributed by atoms with Gasteiger partial charge in [0.1, 0.15) is 17.1 Å². The van der Waals surface area contributed by atoms with Crippen molar-refractivity contribution in [1.82, 2.24) is 4.90 Å². The number of nitrogens with zero attached hydrogens (tertiary/aromatic N) is 1. The summed E-state index contributed by atoms with van der Waals surface area (Å²) in [5.74, 6) is -0.687. The number of ether oxygens (including phenoxy) is 1. The molecule has 1 heterocycles. The van der Waals surface area contributed by atoms with Gasteiger partial charge in [-0.15, -0.1) is 0 Å². The zero-order chi connectivity index (χ0) is 17.6. The molecular formula is C18H19NO5. The first-order valence-electron chi connectivity index (χ1n) is 7.65. The van der Waals surface area contributed by atoms with Crippen LogP contribution in [-0.4, -0.2) is 39.1 Å². The number of aromatic hydroxyl groups is 2. The van der Waals surface area contributed by atoms with Crippen LogP contribution in [0.4, 0.5) is 4.79 Å². The van der Waals surface area contributed by atoms with Gasteiger partial charge in [0.05, 0.1) is 18.7 Å². The molecule has 2 aromatic rings. The maximum Gasteiger partial charge on any atom is 0.411 e. The Morgan fingerprint density at radius 3 is 2.25 bits per heavy atom. The number of phenolic OH excluding ortho intramolecular Hbond substituents is 2. The summed E-state index contributed by atoms with van der Waals surface area (Å²) in [6.07, 6.45) is -0.631. The molecule has 0 unspecified atom stereocenters. The Morgan fingerprint density at radius 2 is 1.67 bits per heavy atom. The minimum absolute atomic E-state index is 0.000213. The van der Waals surface area contributed by atoms with E-state index in [0.717, 1.165) is 0 Å². The number of ketones is 1. The Morgan fingerprint density at radius 1 is 1.08 bits per heavy atom. The van der Waals surface area contributed by atoms with Gasteiger partial charge in [0.15, 0.2) is 5.78 Å². The fourth-order valence-corrected chi connectivity index (χ4v) is 2.86. The number of hydrogen-bond donors (Lipinski definition) is 2. The fraction of sp³-hybridized carbons (Fsp3) is 0.333. The molecule has 24 heavy (non-hydrogen) atoms. The van der Waals surface area contributed by atoms with Crippen molar-refractivity contribution in [2.45, 2.75) is 32.9 Å². The van der Waals surface area contributed by atoms with Gasteiger partial charge in [-0.1, -0.05) is 24.3 Å². The van der Waals surface area contributed by atoms with E-state index < -0.39 is 17.5 Å². The molecular weight excluding hydrogens is 310 g/mol. The highest BCUT2D eigenvalue weighted by Crippen LogP contribution is 2.42. The van der Waals surface area contributed by atoms with Gasteiger partial charge in [-0.3, -0.25) is 9.69 Å². The highest BCUT2D eigenvalue weighted by atomic mass is 16.6. The lowest BCUT2D eigenvalue weighted by molar-refractivity contribution is 0.0218. The largest absolute Gasteiger partial charge is 0.507 e. The molecule has 0 bridgehead atoms. The molecule has 0 spiro atoms. The number of hydrogen-bond acceptors (Lipinski definition) is 5. The predicted octanol–water partition coefficient (Wildman–Crippen LogP) is 3.18. The lowest BCUT2D eigenvalue weighted by Gasteiger charge is -2.31. The van der Waals surface area contributed by atoms with Crippen LogP contribution in [0.5, 0.6) is 11.5 Å². The summed E-state index contributed by atoms with van der Waals surface area (Å²) >= 11 is 0. The van der Waals surface area contributed by atoms with Gasteiger partial charge in [-0.25, -0.2) is 4.79 Å². The lowest BCUT2D eigenvalue weighted by atomic mass is 9.92. The summed E-state index contributed by atoms with van der Waals surface area (Å²) in [6.45, 7) is 5.01. The summed E-state index contributed by atoms with van der Waals surface area (Å²) in [6, 6.07) is 6.73. The van der Waals surface area contributed by atoms with Gasteiger partial charge in [0.25, 0.3) is 0 Å². The van der Waals surface area contributed by atoms with E-state index in [1.54, 1.807) is 45.0 Å². The minimum Gasteiger partial charge on any atom is -0.507 e. The summed E-state index contributed by atoms with van der Waals surface area (Å²) in [7, 11) is 0. The molecule has 0 saturated carbocycles. The molecule has 6 nitrogen and oxygen atoms in total. The van der Waals surface area contributed by atoms with Gasteiger partial charge in [0, 0.05) is 16.3 Å². The van der Waals surface area contributed by atoms with Crippen molar-refractivity contribution in [3.05, 3.63) is 35.4 Å². The molecule has 0 fully saturated rings. The fourth-order valence-electron chi connectivity index (χ4n) is 2.86. The van der Waals surface area contributed by atoms with E-state index in [4.69, 9.17) is 4.74 Å². The molecule has 1 amide bonds. The summed E-state index contributed by atoms with van der Waals surface area (Å²) in [5, 5.41) is 21.8. The second-order valence-corrected chi connectivity index (χ2v) is 6.86. The Kier molecular flexibility index (Phi) is 3.63. The van der Waals surface area contributed by atoms with Gasteiger partial charge in [-0.05, 0) is 20.8 Å². The topological polar surface area (TPSA) is 87.1 Å². The first kappa shape index (κ1) is 16.1. The third-order valence-electron chi connectivity index (χ3n) is 3.88. The van der Waals surface area contributed by atoms with Crippen LogP contribution < -0.4 is 0 Å². The highest BCUT2D eigenvalue weighted by molar-refractivity contribution is 6.10. The minimum atomic E-state index is -0.687. The maximum atomic E-state index is 12.5. The zero-order valence-electron chi connectivity index (χ0n) is 13.8. The number of amides is 1. The molecule has 1 aliphatic heterocycles.